The van der Waals surface area contributed by atoms with Crippen molar-refractivity contribution in [3.63, 3.8) is 0 Å². The molecule has 0 radical (unpaired) electrons. The van der Waals surface area contributed by atoms with Gasteiger partial charge in [-0.1, -0.05) is 6.92 Å². The molecule has 16 heavy (non-hydrogen) atoms. The Kier molecular flexibility index (Phi) is 2.86. The topological polar surface area (TPSA) is 28.2 Å². The lowest BCUT2D eigenvalue weighted by Gasteiger charge is -2.36. The first kappa shape index (κ1) is 10.5. The molecule has 2 aliphatic heterocycles. The van der Waals surface area contributed by atoms with Crippen molar-refractivity contribution in [3.05, 3.63) is 11.1 Å². The molecule has 3 heterocycles. The molecular formula is C12H19N3S. The predicted octanol–water partition coefficient (Wildman–Crippen LogP) is 1.89. The standard InChI is InChI=1S/C12H19N3S/c1-2-10-8-16-12(14-10)15-5-3-4-9-6-13-7-11(9)15/h8-9,11,13H,2-7H2,1H3. The van der Waals surface area contributed by atoms with Crippen LogP contribution < -0.4 is 10.2 Å². The van der Waals surface area contributed by atoms with Gasteiger partial charge < -0.3 is 10.2 Å². The van der Waals surface area contributed by atoms with E-state index in [0.717, 1.165) is 18.9 Å². The highest BCUT2D eigenvalue weighted by Gasteiger charge is 2.35. The summed E-state index contributed by atoms with van der Waals surface area (Å²) in [6.45, 7) is 5.72. The zero-order valence-corrected chi connectivity index (χ0v) is 10.6. The summed E-state index contributed by atoms with van der Waals surface area (Å²) >= 11 is 1.82. The molecule has 0 spiro atoms. The number of fused-ring (bicyclic) bond motifs is 1. The van der Waals surface area contributed by atoms with E-state index < -0.39 is 0 Å². The van der Waals surface area contributed by atoms with Crippen molar-refractivity contribution in [2.45, 2.75) is 32.2 Å². The highest BCUT2D eigenvalue weighted by Crippen LogP contribution is 2.32. The molecular weight excluding hydrogens is 218 g/mol. The second-order valence-corrected chi connectivity index (χ2v) is 5.63. The van der Waals surface area contributed by atoms with Crippen molar-refractivity contribution >= 4 is 16.5 Å². The lowest BCUT2D eigenvalue weighted by molar-refractivity contribution is 0.385. The van der Waals surface area contributed by atoms with Crippen LogP contribution in [-0.2, 0) is 6.42 Å². The molecule has 2 saturated heterocycles. The average Bonchev–Trinajstić information content (AvgIpc) is 2.97. The maximum atomic E-state index is 4.73. The highest BCUT2D eigenvalue weighted by atomic mass is 32.1. The Bertz CT molecular complexity index is 363. The molecule has 2 unspecified atom stereocenters. The number of thiazole rings is 1. The summed E-state index contributed by atoms with van der Waals surface area (Å²) in [7, 11) is 0. The summed E-state index contributed by atoms with van der Waals surface area (Å²) in [4.78, 5) is 7.27. The Morgan fingerprint density at radius 1 is 1.56 bits per heavy atom. The lowest BCUT2D eigenvalue weighted by atomic mass is 9.92. The van der Waals surface area contributed by atoms with Crippen LogP contribution in [0.2, 0.25) is 0 Å². The van der Waals surface area contributed by atoms with E-state index in [1.165, 1.54) is 36.8 Å². The van der Waals surface area contributed by atoms with Crippen LogP contribution in [0, 0.1) is 5.92 Å². The van der Waals surface area contributed by atoms with E-state index in [4.69, 9.17) is 4.98 Å². The van der Waals surface area contributed by atoms with Gasteiger partial charge in [-0.3, -0.25) is 0 Å². The van der Waals surface area contributed by atoms with Gasteiger partial charge in [-0.2, -0.15) is 0 Å². The maximum Gasteiger partial charge on any atom is 0.185 e. The quantitative estimate of drug-likeness (QED) is 0.851. The molecule has 1 aromatic heterocycles. The van der Waals surface area contributed by atoms with Gasteiger partial charge in [0.1, 0.15) is 0 Å². The number of piperidine rings is 1. The first-order valence-electron chi connectivity index (χ1n) is 6.30. The van der Waals surface area contributed by atoms with Gasteiger partial charge in [-0.15, -0.1) is 11.3 Å². The number of rotatable bonds is 2. The third kappa shape index (κ3) is 1.74. The van der Waals surface area contributed by atoms with E-state index in [2.05, 4.69) is 22.5 Å². The molecule has 3 rings (SSSR count). The van der Waals surface area contributed by atoms with Crippen molar-refractivity contribution in [1.82, 2.24) is 10.3 Å². The van der Waals surface area contributed by atoms with E-state index in [0.29, 0.717) is 6.04 Å². The van der Waals surface area contributed by atoms with Gasteiger partial charge in [0.05, 0.1) is 5.69 Å². The fourth-order valence-corrected chi connectivity index (χ4v) is 3.89. The Labute approximate surface area is 101 Å². The molecule has 2 atom stereocenters. The zero-order chi connectivity index (χ0) is 11.0. The SMILES string of the molecule is CCc1csc(N2CCCC3CNCC32)n1. The van der Waals surface area contributed by atoms with Gasteiger partial charge in [0.2, 0.25) is 0 Å². The minimum absolute atomic E-state index is 0.699. The van der Waals surface area contributed by atoms with Crippen LogP contribution in [0.25, 0.3) is 0 Å². The molecule has 4 heteroatoms. The largest absolute Gasteiger partial charge is 0.343 e. The molecule has 0 bridgehead atoms. The third-order valence-corrected chi connectivity index (χ3v) is 4.75. The average molecular weight is 237 g/mol. The third-order valence-electron chi connectivity index (χ3n) is 3.83. The van der Waals surface area contributed by atoms with Crippen molar-refractivity contribution in [1.29, 1.82) is 0 Å². The Hall–Kier alpha value is -0.610. The van der Waals surface area contributed by atoms with Crippen LogP contribution in [-0.4, -0.2) is 30.7 Å². The van der Waals surface area contributed by atoms with Gasteiger partial charge in [0, 0.05) is 31.1 Å². The Morgan fingerprint density at radius 3 is 3.31 bits per heavy atom. The smallest absolute Gasteiger partial charge is 0.185 e. The van der Waals surface area contributed by atoms with Crippen LogP contribution >= 0.6 is 11.3 Å². The van der Waals surface area contributed by atoms with Gasteiger partial charge in [0.15, 0.2) is 5.13 Å². The van der Waals surface area contributed by atoms with E-state index in [9.17, 15) is 0 Å². The van der Waals surface area contributed by atoms with E-state index in [1.54, 1.807) is 0 Å². The highest BCUT2D eigenvalue weighted by molar-refractivity contribution is 7.13. The Balaban J connectivity index is 1.82. The molecule has 0 aliphatic carbocycles. The second-order valence-electron chi connectivity index (χ2n) is 4.80. The van der Waals surface area contributed by atoms with Crippen molar-refractivity contribution in [2.75, 3.05) is 24.5 Å². The first-order chi connectivity index (χ1) is 7.88. The maximum absolute atomic E-state index is 4.73. The monoisotopic (exact) mass is 237 g/mol. The second kappa shape index (κ2) is 4.34. The number of hydrogen-bond donors (Lipinski definition) is 1. The number of nitrogens with zero attached hydrogens (tertiary/aromatic N) is 2. The molecule has 2 aliphatic rings. The number of aromatic nitrogens is 1. The summed E-state index contributed by atoms with van der Waals surface area (Å²) in [5.41, 5.74) is 1.24. The van der Waals surface area contributed by atoms with Gasteiger partial charge in [0.25, 0.3) is 0 Å². The summed E-state index contributed by atoms with van der Waals surface area (Å²) in [5, 5.41) is 6.98. The summed E-state index contributed by atoms with van der Waals surface area (Å²) < 4.78 is 0. The van der Waals surface area contributed by atoms with E-state index in [-0.39, 0.29) is 0 Å². The minimum atomic E-state index is 0.699. The van der Waals surface area contributed by atoms with Gasteiger partial charge >= 0.3 is 0 Å². The minimum Gasteiger partial charge on any atom is -0.343 e. The number of anilines is 1. The molecule has 0 aromatic carbocycles. The molecule has 2 fully saturated rings. The van der Waals surface area contributed by atoms with Gasteiger partial charge in [-0.25, -0.2) is 4.98 Å². The van der Waals surface area contributed by atoms with Crippen molar-refractivity contribution < 1.29 is 0 Å². The number of aryl methyl sites for hydroxylation is 1. The van der Waals surface area contributed by atoms with Crippen LogP contribution in [0.5, 0.6) is 0 Å². The molecule has 1 N–H and O–H groups in total. The van der Waals surface area contributed by atoms with Crippen LogP contribution in [0.4, 0.5) is 5.13 Å². The molecule has 0 amide bonds. The van der Waals surface area contributed by atoms with Crippen LogP contribution in [0.3, 0.4) is 0 Å². The zero-order valence-electron chi connectivity index (χ0n) is 9.78. The fraction of sp³-hybridized carbons (Fsp3) is 0.750. The fourth-order valence-electron chi connectivity index (χ4n) is 2.90. The van der Waals surface area contributed by atoms with E-state index in [1.807, 2.05) is 11.3 Å². The van der Waals surface area contributed by atoms with Crippen molar-refractivity contribution in [3.8, 4) is 0 Å². The van der Waals surface area contributed by atoms with E-state index >= 15 is 0 Å². The summed E-state index contributed by atoms with van der Waals surface area (Å²) in [6.07, 6.45) is 3.76. The number of hydrogen-bond acceptors (Lipinski definition) is 4. The Morgan fingerprint density at radius 2 is 2.50 bits per heavy atom. The normalized spacial score (nSPS) is 29.4. The van der Waals surface area contributed by atoms with Crippen LogP contribution in [0.1, 0.15) is 25.5 Å². The molecule has 0 saturated carbocycles. The summed E-state index contributed by atoms with van der Waals surface area (Å²) in [5.74, 6) is 0.850. The van der Waals surface area contributed by atoms with Gasteiger partial charge in [-0.05, 0) is 25.2 Å². The van der Waals surface area contributed by atoms with Crippen LogP contribution in [0.15, 0.2) is 5.38 Å². The predicted molar refractivity (Wildman–Crippen MR) is 68.2 cm³/mol. The molecule has 88 valence electrons. The summed E-state index contributed by atoms with van der Waals surface area (Å²) in [6, 6.07) is 0.699. The molecule has 3 nitrogen and oxygen atoms in total. The van der Waals surface area contributed by atoms with Crippen molar-refractivity contribution in [2.24, 2.45) is 5.92 Å². The lowest BCUT2D eigenvalue weighted by Crippen LogP contribution is -2.45. The molecule has 1 aromatic rings. The first-order valence-corrected chi connectivity index (χ1v) is 7.18. The number of nitrogens with one attached hydrogen (secondary N) is 1.